The molecule has 1 N–H and O–H groups in total. The van der Waals surface area contributed by atoms with Crippen LogP contribution in [0.15, 0.2) is 158 Å². The first kappa shape index (κ1) is 53.8. The van der Waals surface area contributed by atoms with E-state index in [0.717, 1.165) is 66.1 Å². The minimum atomic E-state index is -3.56. The normalized spacial score (nSPS) is 13.4. The maximum atomic E-state index is 13.7. The molecule has 0 aliphatic rings. The zero-order valence-corrected chi connectivity index (χ0v) is 48.1. The molecule has 0 aliphatic heterocycles. The van der Waals surface area contributed by atoms with Gasteiger partial charge in [0.1, 0.15) is 0 Å². The van der Waals surface area contributed by atoms with Crippen molar-refractivity contribution in [3.63, 3.8) is 0 Å². The van der Waals surface area contributed by atoms with Crippen molar-refractivity contribution in [3.8, 4) is 33.8 Å². The van der Waals surface area contributed by atoms with E-state index in [1.807, 2.05) is 6.07 Å². The molecule has 7 aromatic carbocycles. The maximum absolute atomic E-state index is 13.7. The van der Waals surface area contributed by atoms with Crippen LogP contribution in [0.3, 0.4) is 0 Å². The van der Waals surface area contributed by atoms with Gasteiger partial charge in [0.05, 0.1) is 0 Å². The zero-order chi connectivity index (χ0) is 52.1. The van der Waals surface area contributed by atoms with Crippen molar-refractivity contribution in [2.45, 2.75) is 157 Å². The predicted molar refractivity (Wildman–Crippen MR) is 313 cm³/mol. The van der Waals surface area contributed by atoms with Crippen LogP contribution in [-0.2, 0) is 32.5 Å². The van der Waals surface area contributed by atoms with Gasteiger partial charge in [-0.25, -0.2) is 0 Å². The Bertz CT molecular complexity index is 2870. The molecule has 0 saturated carbocycles. The van der Waals surface area contributed by atoms with Crippen LogP contribution in [0.5, 0.6) is 11.5 Å². The van der Waals surface area contributed by atoms with E-state index in [-0.39, 0.29) is 32.5 Å². The zero-order valence-electron chi connectivity index (χ0n) is 46.2. The van der Waals surface area contributed by atoms with Crippen LogP contribution in [0.4, 0.5) is 0 Å². The molecular weight excluding hydrogens is 903 g/mol. The summed E-state index contributed by atoms with van der Waals surface area (Å²) in [5, 5.41) is 3.92. The van der Waals surface area contributed by atoms with Crippen molar-refractivity contribution >= 4 is 37.1 Å². The van der Waals surface area contributed by atoms with Gasteiger partial charge in [-0.05, 0) is 32.8 Å². The second-order valence-corrected chi connectivity index (χ2v) is 30.4. The molecular formula is C66H82O3P2. The molecule has 0 radical (unpaired) electrons. The number of rotatable bonds is 10. The van der Waals surface area contributed by atoms with Crippen molar-refractivity contribution in [1.29, 1.82) is 0 Å². The first-order chi connectivity index (χ1) is 32.8. The summed E-state index contributed by atoms with van der Waals surface area (Å²) in [4.78, 5) is 13.7. The van der Waals surface area contributed by atoms with Gasteiger partial charge in [-0.3, -0.25) is 0 Å². The summed E-state index contributed by atoms with van der Waals surface area (Å²) in [7, 11) is -5.19. The number of hydrogen-bond acceptors (Lipinski definition) is 3. The quantitative estimate of drug-likeness (QED) is 0.139. The van der Waals surface area contributed by atoms with Gasteiger partial charge >= 0.3 is 293 Å². The summed E-state index contributed by atoms with van der Waals surface area (Å²) < 4.78 is 14.4. The van der Waals surface area contributed by atoms with E-state index < -0.39 is 15.9 Å². The van der Waals surface area contributed by atoms with Crippen molar-refractivity contribution < 1.29 is 13.9 Å². The standard InChI is InChI=1S/C66H82O3P2/c1-61(2,3)49-30-39-58(55(42-49)64(10,11)12)68-70(69-59-40-31-50(62(4,5)6)43-56(59)65(13,14)15)52-33-24-46(25-34-52)48-28-37-54(38-29-48)71(67,53-35-26-47(27-36-53)45-22-20-19-21-23-45)60-41-32-51(63(7,8)9)44-57(60)66(16,17)18/h19-44,67,71H,1-18H3. The summed E-state index contributed by atoms with van der Waals surface area (Å²) in [6.07, 6.45) is 0. The van der Waals surface area contributed by atoms with Crippen LogP contribution < -0.4 is 30.3 Å². The van der Waals surface area contributed by atoms with E-state index >= 15 is 0 Å². The van der Waals surface area contributed by atoms with Gasteiger partial charge in [-0.2, -0.15) is 0 Å². The van der Waals surface area contributed by atoms with Gasteiger partial charge < -0.3 is 0 Å². The molecule has 0 heterocycles. The second kappa shape index (κ2) is 19.8. The Morgan fingerprint density at radius 1 is 0.338 bits per heavy atom. The van der Waals surface area contributed by atoms with E-state index in [1.165, 1.54) is 22.3 Å². The van der Waals surface area contributed by atoms with Crippen LogP contribution in [0, 0.1) is 0 Å². The predicted octanol–water partition coefficient (Wildman–Crippen LogP) is 16.8. The smallest absolute Gasteiger partial charge is 0.0559 e. The Labute approximate surface area is 430 Å². The summed E-state index contributed by atoms with van der Waals surface area (Å²) in [6.45, 7) is 40.7. The Kier molecular flexibility index (Phi) is 15.0. The number of benzene rings is 7. The third-order valence-corrected chi connectivity index (χ3v) is 18.9. The van der Waals surface area contributed by atoms with Gasteiger partial charge in [0.2, 0.25) is 0 Å². The Morgan fingerprint density at radius 3 is 1.01 bits per heavy atom. The molecule has 0 atom stereocenters. The molecule has 0 fully saturated rings. The number of hydrogen-bond donors (Lipinski definition) is 1. The molecule has 7 rings (SSSR count). The third-order valence-electron chi connectivity index (χ3n) is 13.9. The molecule has 0 spiro atoms. The SMILES string of the molecule is CC(C)(C)c1ccc(OP(Oc2ccc(C(C)(C)C)cc2C(C)(C)C)c2ccc(-c3ccc([PH](O)(c4ccc(-c5ccccc5)cc4)c4ccc(C(C)(C)C)cc4C(C)(C)C)cc3)cc2)c(C(C)(C)C)c1. The van der Waals surface area contributed by atoms with Crippen molar-refractivity contribution in [1.82, 2.24) is 0 Å². The summed E-state index contributed by atoms with van der Waals surface area (Å²) in [5.74, 6) is 1.68. The van der Waals surface area contributed by atoms with Crippen LogP contribution in [0.25, 0.3) is 22.3 Å². The van der Waals surface area contributed by atoms with Gasteiger partial charge in [0.25, 0.3) is 0 Å². The summed E-state index contributed by atoms with van der Waals surface area (Å²) in [6, 6.07) is 56.6. The van der Waals surface area contributed by atoms with E-state index in [4.69, 9.17) is 9.05 Å². The fourth-order valence-corrected chi connectivity index (χ4v) is 14.0. The van der Waals surface area contributed by atoms with Crippen LogP contribution >= 0.6 is 15.9 Å². The third kappa shape index (κ3) is 12.1. The minimum Gasteiger partial charge on any atom is -0.0559 e. The Hall–Kier alpha value is -5.04. The van der Waals surface area contributed by atoms with Crippen molar-refractivity contribution in [2.24, 2.45) is 0 Å². The first-order valence-electron chi connectivity index (χ1n) is 25.6. The molecule has 0 aromatic heterocycles. The van der Waals surface area contributed by atoms with Crippen LogP contribution in [0.1, 0.15) is 158 Å². The van der Waals surface area contributed by atoms with Crippen molar-refractivity contribution in [2.75, 3.05) is 0 Å². The molecule has 5 heteroatoms. The minimum absolute atomic E-state index is 0.00766. The van der Waals surface area contributed by atoms with Gasteiger partial charge in [0, 0.05) is 0 Å². The summed E-state index contributed by atoms with van der Waals surface area (Å²) in [5.41, 5.74) is 11.2. The molecule has 0 saturated heterocycles. The monoisotopic (exact) mass is 985 g/mol. The van der Waals surface area contributed by atoms with Crippen molar-refractivity contribution in [3.05, 3.63) is 191 Å². The molecule has 0 bridgehead atoms. The Balaban J connectivity index is 1.31. The van der Waals surface area contributed by atoms with Crippen LogP contribution in [-0.4, -0.2) is 4.89 Å². The van der Waals surface area contributed by atoms with E-state index in [1.54, 1.807) is 0 Å². The van der Waals surface area contributed by atoms with E-state index in [0.29, 0.717) is 0 Å². The first-order valence-corrected chi connectivity index (χ1v) is 28.7. The van der Waals surface area contributed by atoms with Gasteiger partial charge in [-0.15, -0.1) is 0 Å². The average Bonchev–Trinajstić information content (AvgIpc) is 3.29. The van der Waals surface area contributed by atoms with E-state index in [2.05, 4.69) is 276 Å². The molecule has 0 amide bonds. The molecule has 7 aromatic rings. The van der Waals surface area contributed by atoms with Crippen LogP contribution in [0.2, 0.25) is 0 Å². The fourth-order valence-electron chi connectivity index (χ4n) is 9.27. The second-order valence-electron chi connectivity index (χ2n) is 25.9. The molecule has 0 unspecified atom stereocenters. The topological polar surface area (TPSA) is 38.7 Å². The Morgan fingerprint density at radius 2 is 0.662 bits per heavy atom. The summed E-state index contributed by atoms with van der Waals surface area (Å²) >= 11 is 0. The molecule has 374 valence electrons. The van der Waals surface area contributed by atoms with Gasteiger partial charge in [-0.1, -0.05) is 107 Å². The molecule has 3 nitrogen and oxygen atoms in total. The average molecular weight is 985 g/mol. The fraction of sp³-hybridized carbons (Fsp3) is 0.364. The molecule has 0 aliphatic carbocycles. The van der Waals surface area contributed by atoms with E-state index in [9.17, 15) is 4.89 Å². The van der Waals surface area contributed by atoms with Gasteiger partial charge in [0.15, 0.2) is 0 Å². The molecule has 71 heavy (non-hydrogen) atoms.